The van der Waals surface area contributed by atoms with E-state index in [0.29, 0.717) is 5.54 Å². The Morgan fingerprint density at radius 1 is 1.41 bits per heavy atom. The lowest BCUT2D eigenvalue weighted by atomic mass is 9.92. The fourth-order valence-electron chi connectivity index (χ4n) is 2.70. The normalized spacial score (nSPS) is 20.1. The van der Waals surface area contributed by atoms with Gasteiger partial charge < -0.3 is 9.47 Å². The van der Waals surface area contributed by atoms with Crippen molar-refractivity contribution >= 4 is 9.52 Å². The highest BCUT2D eigenvalue weighted by Gasteiger charge is 2.26. The van der Waals surface area contributed by atoms with Crippen molar-refractivity contribution in [2.24, 2.45) is 0 Å². The highest BCUT2D eigenvalue weighted by molar-refractivity contribution is 6.39. The van der Waals surface area contributed by atoms with Crippen molar-refractivity contribution in [3.8, 4) is 0 Å². The van der Waals surface area contributed by atoms with Gasteiger partial charge in [-0.3, -0.25) is 4.98 Å². The molecule has 0 saturated carbocycles. The first kappa shape index (κ1) is 12.7. The van der Waals surface area contributed by atoms with Crippen LogP contribution < -0.4 is 0 Å². The lowest BCUT2D eigenvalue weighted by Gasteiger charge is -2.27. The van der Waals surface area contributed by atoms with Gasteiger partial charge in [0.1, 0.15) is 5.91 Å². The van der Waals surface area contributed by atoms with Gasteiger partial charge in [-0.25, -0.2) is 0 Å². The van der Waals surface area contributed by atoms with Gasteiger partial charge >= 0.3 is 0 Å². The van der Waals surface area contributed by atoms with Gasteiger partial charge in [0.25, 0.3) is 0 Å². The number of fused-ring (bicyclic) bond motifs is 1. The molecule has 0 radical (unpaired) electrons. The summed E-state index contributed by atoms with van der Waals surface area (Å²) in [4.78, 5) is 4.61. The molecule has 3 nitrogen and oxygen atoms in total. The van der Waals surface area contributed by atoms with E-state index in [1.54, 1.807) is 14.2 Å². The van der Waals surface area contributed by atoms with E-state index in [-0.39, 0.29) is 5.91 Å². The Labute approximate surface area is 105 Å². The lowest BCUT2D eigenvalue weighted by molar-refractivity contribution is -0.0449. The Morgan fingerprint density at radius 2 is 2.18 bits per heavy atom. The molecule has 1 aliphatic carbocycles. The molecule has 4 heteroatoms. The zero-order chi connectivity index (χ0) is 12.3. The second-order valence-corrected chi connectivity index (χ2v) is 6.84. The summed E-state index contributed by atoms with van der Waals surface area (Å²) in [6.07, 6.45) is 5.65. The molecule has 0 fully saturated rings. The summed E-state index contributed by atoms with van der Waals surface area (Å²) in [7, 11) is 3.01. The van der Waals surface area contributed by atoms with Crippen molar-refractivity contribution in [1.29, 1.82) is 0 Å². The van der Waals surface area contributed by atoms with Crippen LogP contribution in [0, 0.1) is 6.92 Å². The molecular formula is C13H21NO2Si. The van der Waals surface area contributed by atoms with Gasteiger partial charge in [-0.15, -0.1) is 0 Å². The lowest BCUT2D eigenvalue weighted by Crippen LogP contribution is -2.30. The number of rotatable bonds is 4. The van der Waals surface area contributed by atoms with E-state index in [9.17, 15) is 0 Å². The molecule has 0 amide bonds. The van der Waals surface area contributed by atoms with E-state index < -0.39 is 9.52 Å². The van der Waals surface area contributed by atoms with Gasteiger partial charge in [0.15, 0.2) is 0 Å². The number of nitrogens with zero attached hydrogens (tertiary/aromatic N) is 1. The third kappa shape index (κ3) is 2.76. The summed E-state index contributed by atoms with van der Waals surface area (Å²) in [6, 6.07) is 2.12. The van der Waals surface area contributed by atoms with Crippen LogP contribution in [0.15, 0.2) is 12.3 Å². The average Bonchev–Trinajstić information content (AvgIpc) is 2.37. The molecule has 1 aromatic heterocycles. The van der Waals surface area contributed by atoms with Gasteiger partial charge in [0.05, 0.1) is 9.52 Å². The minimum absolute atomic E-state index is 0.0215. The Hall–Kier alpha value is -0.713. The molecule has 94 valence electrons. The number of hydrogen-bond donors (Lipinski definition) is 0. The maximum absolute atomic E-state index is 5.36. The van der Waals surface area contributed by atoms with Crippen LogP contribution in [0.1, 0.15) is 35.2 Å². The molecule has 0 N–H and O–H groups in total. The van der Waals surface area contributed by atoms with Crippen molar-refractivity contribution in [3.05, 3.63) is 29.1 Å². The smallest absolute Gasteiger partial charge is 0.134 e. The third-order valence-corrected chi connectivity index (χ3v) is 6.11. The van der Waals surface area contributed by atoms with Gasteiger partial charge in [-0.05, 0) is 48.9 Å². The van der Waals surface area contributed by atoms with Crippen molar-refractivity contribution in [2.75, 3.05) is 14.2 Å². The predicted octanol–water partition coefficient (Wildman–Crippen LogP) is 1.51. The summed E-state index contributed by atoms with van der Waals surface area (Å²) in [6.45, 7) is 2.19. The highest BCUT2D eigenvalue weighted by atomic mass is 28.2. The summed E-state index contributed by atoms with van der Waals surface area (Å²) >= 11 is 0. The first-order valence-electron chi connectivity index (χ1n) is 6.26. The minimum atomic E-state index is -0.452. The van der Waals surface area contributed by atoms with Crippen molar-refractivity contribution in [3.63, 3.8) is 0 Å². The Balaban J connectivity index is 2.20. The molecule has 1 unspecified atom stereocenters. The van der Waals surface area contributed by atoms with Crippen molar-refractivity contribution in [1.82, 2.24) is 4.98 Å². The number of aryl methyl sites for hydroxylation is 1. The van der Waals surface area contributed by atoms with Crippen LogP contribution in [-0.2, 0) is 15.9 Å². The minimum Gasteiger partial charge on any atom is -0.360 e. The Kier molecular flexibility index (Phi) is 4.31. The monoisotopic (exact) mass is 251 g/mol. The molecule has 1 heterocycles. The zero-order valence-corrected chi connectivity index (χ0v) is 12.3. The van der Waals surface area contributed by atoms with Crippen molar-refractivity contribution < 1.29 is 9.47 Å². The first-order valence-corrected chi connectivity index (χ1v) is 7.89. The van der Waals surface area contributed by atoms with Crippen LogP contribution in [0.2, 0.25) is 0 Å². The summed E-state index contributed by atoms with van der Waals surface area (Å²) < 4.78 is 10.7. The Morgan fingerprint density at radius 3 is 2.88 bits per heavy atom. The van der Waals surface area contributed by atoms with Gasteiger partial charge in [0.2, 0.25) is 0 Å². The second-order valence-electron chi connectivity index (χ2n) is 4.72. The number of hydrogen-bond acceptors (Lipinski definition) is 3. The van der Waals surface area contributed by atoms with E-state index >= 15 is 0 Å². The molecule has 0 aromatic carbocycles. The van der Waals surface area contributed by atoms with E-state index in [4.69, 9.17) is 9.47 Å². The second kappa shape index (κ2) is 5.75. The molecule has 17 heavy (non-hydrogen) atoms. The largest absolute Gasteiger partial charge is 0.360 e. The molecule has 1 aliphatic rings. The van der Waals surface area contributed by atoms with Gasteiger partial charge in [-0.1, -0.05) is 0 Å². The van der Waals surface area contributed by atoms with E-state index in [0.717, 1.165) is 0 Å². The van der Waals surface area contributed by atoms with Crippen LogP contribution in [0.5, 0.6) is 0 Å². The van der Waals surface area contributed by atoms with Gasteiger partial charge in [-0.2, -0.15) is 0 Å². The van der Waals surface area contributed by atoms with Crippen LogP contribution >= 0.6 is 0 Å². The van der Waals surface area contributed by atoms with E-state index in [1.165, 1.54) is 36.1 Å². The van der Waals surface area contributed by atoms with Gasteiger partial charge in [0, 0.05) is 26.1 Å². The molecule has 0 saturated heterocycles. The maximum Gasteiger partial charge on any atom is 0.134 e. The van der Waals surface area contributed by atoms with E-state index in [2.05, 4.69) is 18.0 Å². The zero-order valence-electron chi connectivity index (χ0n) is 10.9. The SMILES string of the molecule is COC(OC)[SiH2]C1CCCc2c(C)ccnc21. The fraction of sp³-hybridized carbons (Fsp3) is 0.615. The number of methoxy groups -OCH3 is 2. The number of aromatic nitrogens is 1. The summed E-state index contributed by atoms with van der Waals surface area (Å²) in [5, 5.41) is 0. The highest BCUT2D eigenvalue weighted by Crippen LogP contribution is 2.31. The van der Waals surface area contributed by atoms with Crippen LogP contribution in [0.25, 0.3) is 0 Å². The maximum atomic E-state index is 5.36. The standard InChI is InChI=1S/C13H21NO2Si/c1-9-7-8-14-12-10(9)5-4-6-11(12)17-13(15-2)16-3/h7-8,11,13H,4-6,17H2,1-3H3. The third-order valence-electron chi connectivity index (χ3n) is 3.69. The number of ether oxygens (including phenoxy) is 2. The van der Waals surface area contributed by atoms with E-state index in [1.807, 2.05) is 6.20 Å². The quantitative estimate of drug-likeness (QED) is 0.600. The molecule has 1 atom stereocenters. The summed E-state index contributed by atoms with van der Waals surface area (Å²) in [5.41, 5.74) is 4.80. The summed E-state index contributed by atoms with van der Waals surface area (Å²) in [5.74, 6) is 0.0215. The topological polar surface area (TPSA) is 31.4 Å². The molecule has 0 spiro atoms. The molecule has 0 aliphatic heterocycles. The van der Waals surface area contributed by atoms with Crippen LogP contribution in [0.4, 0.5) is 0 Å². The van der Waals surface area contributed by atoms with Crippen LogP contribution in [0.3, 0.4) is 0 Å². The average molecular weight is 251 g/mol. The Bertz CT molecular complexity index is 380. The molecule has 1 aromatic rings. The van der Waals surface area contributed by atoms with Crippen LogP contribution in [-0.4, -0.2) is 34.6 Å². The fourth-order valence-corrected chi connectivity index (χ4v) is 4.65. The molecule has 0 bridgehead atoms. The van der Waals surface area contributed by atoms with Crippen molar-refractivity contribution in [2.45, 2.75) is 37.6 Å². The molecular weight excluding hydrogens is 230 g/mol. The number of pyridine rings is 1. The predicted molar refractivity (Wildman–Crippen MR) is 71.0 cm³/mol. The first-order chi connectivity index (χ1) is 8.26. The molecule has 2 rings (SSSR count).